The maximum absolute atomic E-state index is 10.6. The number of fused-ring (bicyclic) bond motifs is 2. The topological polar surface area (TPSA) is 66.4 Å². The Morgan fingerprint density at radius 2 is 1.36 bits per heavy atom. The van der Waals surface area contributed by atoms with Gasteiger partial charge in [-0.1, -0.05) is 61.9 Å². The van der Waals surface area contributed by atoms with Crippen LogP contribution < -0.4 is 0 Å². The van der Waals surface area contributed by atoms with Crippen molar-refractivity contribution < 1.29 is 28.8 Å². The van der Waals surface area contributed by atoms with Crippen LogP contribution in [0.5, 0.6) is 5.75 Å². The molecule has 0 aliphatic carbocycles. The number of ether oxygens (including phenoxy) is 5. The largest absolute Gasteiger partial charge is 0.507 e. The second-order valence-corrected chi connectivity index (χ2v) is 7.43. The van der Waals surface area contributed by atoms with Gasteiger partial charge in [0.25, 0.3) is 0 Å². The number of halogens is 1. The maximum atomic E-state index is 10.6. The summed E-state index contributed by atoms with van der Waals surface area (Å²) in [5, 5.41) is 10.6. The fourth-order valence-electron chi connectivity index (χ4n) is 2.91. The van der Waals surface area contributed by atoms with E-state index in [0.29, 0.717) is 64.0 Å². The van der Waals surface area contributed by atoms with E-state index < -0.39 is 0 Å². The molecule has 0 spiro atoms. The molecule has 2 rings (SSSR count). The SMILES string of the molecule is C/C=C\C(=C/C)[C@H]1COCc2cc(Br)cc(c2O)COCCOCCOCCO1.CC.CC. The second-order valence-electron chi connectivity index (χ2n) is 6.51. The van der Waals surface area contributed by atoms with Crippen LogP contribution in [0.15, 0.2) is 40.4 Å². The molecule has 6 nitrogen and oxygen atoms in total. The lowest BCUT2D eigenvalue weighted by Crippen LogP contribution is -2.24. The summed E-state index contributed by atoms with van der Waals surface area (Å²) in [4.78, 5) is 0. The number of rotatable bonds is 2. The number of benzene rings is 1. The Hall–Kier alpha value is -1.22. The first-order valence-electron chi connectivity index (χ1n) is 11.9. The molecular weight excluding hydrogens is 488 g/mol. The summed E-state index contributed by atoms with van der Waals surface area (Å²) < 4.78 is 29.5. The minimum absolute atomic E-state index is 0.195. The Labute approximate surface area is 209 Å². The standard InChI is InChI=1S/C22H31BrO6.2C2H6/c1-3-5-17(4-2)21-16-28-15-19-13-20(23)12-18(22(19)24)14-27-9-8-25-6-7-26-10-11-29-21;2*1-2/h3-5,12-13,21,24H,6-11,14-16H2,1-2H3;2*1-2H3/b5-3-,17-4+;;/t21-;;/m1../s1. The molecule has 2 bridgehead atoms. The van der Waals surface area contributed by atoms with E-state index in [2.05, 4.69) is 15.9 Å². The maximum Gasteiger partial charge on any atom is 0.126 e. The zero-order valence-corrected chi connectivity index (χ0v) is 22.8. The number of phenolic OH excluding ortho intramolecular Hbond substituents is 1. The highest BCUT2D eigenvalue weighted by atomic mass is 79.9. The number of hydrogen-bond acceptors (Lipinski definition) is 6. The third-order valence-corrected chi connectivity index (χ3v) is 4.83. The zero-order valence-electron chi connectivity index (χ0n) is 21.2. The van der Waals surface area contributed by atoms with E-state index in [-0.39, 0.29) is 18.5 Å². The predicted octanol–water partition coefficient (Wildman–Crippen LogP) is 6.19. The van der Waals surface area contributed by atoms with Crippen LogP contribution in [0.2, 0.25) is 0 Å². The van der Waals surface area contributed by atoms with Gasteiger partial charge in [0.1, 0.15) is 11.9 Å². The average molecular weight is 532 g/mol. The molecule has 1 aromatic carbocycles. The average Bonchev–Trinajstić information content (AvgIpc) is 2.84. The first kappa shape index (κ1) is 31.8. The van der Waals surface area contributed by atoms with Gasteiger partial charge in [-0.05, 0) is 31.6 Å². The van der Waals surface area contributed by atoms with Crippen molar-refractivity contribution in [3.8, 4) is 5.75 Å². The van der Waals surface area contributed by atoms with E-state index >= 15 is 0 Å². The fraction of sp³-hybridized carbons (Fsp3) is 0.615. The van der Waals surface area contributed by atoms with Gasteiger partial charge in [0.05, 0.1) is 59.5 Å². The van der Waals surface area contributed by atoms with Crippen LogP contribution in [0.4, 0.5) is 0 Å². The van der Waals surface area contributed by atoms with Crippen molar-refractivity contribution in [1.29, 1.82) is 0 Å². The van der Waals surface area contributed by atoms with E-state index in [1.807, 2.05) is 71.9 Å². The molecule has 0 amide bonds. The number of allylic oxidation sites excluding steroid dienone is 2. The van der Waals surface area contributed by atoms with E-state index in [0.717, 1.165) is 10.0 Å². The summed E-state index contributed by atoms with van der Waals surface area (Å²) in [6.45, 7) is 15.7. The van der Waals surface area contributed by atoms with E-state index in [4.69, 9.17) is 23.7 Å². The number of hydrogen-bond donors (Lipinski definition) is 1. The van der Waals surface area contributed by atoms with Crippen molar-refractivity contribution in [1.82, 2.24) is 0 Å². The monoisotopic (exact) mass is 530 g/mol. The molecule has 0 aromatic heterocycles. The van der Waals surface area contributed by atoms with Crippen LogP contribution in [0.1, 0.15) is 52.7 Å². The molecule has 0 radical (unpaired) electrons. The molecule has 0 unspecified atom stereocenters. The summed E-state index contributed by atoms with van der Waals surface area (Å²) in [7, 11) is 0. The van der Waals surface area contributed by atoms with Crippen LogP contribution >= 0.6 is 15.9 Å². The van der Waals surface area contributed by atoms with Crippen LogP contribution in [0.25, 0.3) is 0 Å². The summed E-state index contributed by atoms with van der Waals surface area (Å²) in [6.07, 6.45) is 5.79. The molecule has 7 heteroatoms. The normalized spacial score (nSPS) is 19.4. The fourth-order valence-corrected chi connectivity index (χ4v) is 3.46. The van der Waals surface area contributed by atoms with Gasteiger partial charge < -0.3 is 28.8 Å². The molecule has 1 aliphatic heterocycles. The quantitative estimate of drug-likeness (QED) is 0.459. The lowest BCUT2D eigenvalue weighted by Gasteiger charge is -2.20. The van der Waals surface area contributed by atoms with Crippen molar-refractivity contribution in [3.63, 3.8) is 0 Å². The van der Waals surface area contributed by atoms with Gasteiger partial charge in [0.15, 0.2) is 0 Å². The Morgan fingerprint density at radius 1 is 0.848 bits per heavy atom. The Balaban J connectivity index is 0.00000242. The molecule has 1 N–H and O–H groups in total. The minimum Gasteiger partial charge on any atom is -0.507 e. The van der Waals surface area contributed by atoms with Crippen molar-refractivity contribution in [2.24, 2.45) is 0 Å². The van der Waals surface area contributed by atoms with Crippen LogP contribution in [0, 0.1) is 0 Å². The molecule has 1 aromatic rings. The van der Waals surface area contributed by atoms with Gasteiger partial charge in [-0.2, -0.15) is 0 Å². The minimum atomic E-state index is -0.216. The smallest absolute Gasteiger partial charge is 0.126 e. The molecular formula is C26H43BrO6. The van der Waals surface area contributed by atoms with Crippen LogP contribution in [0.3, 0.4) is 0 Å². The lowest BCUT2D eigenvalue weighted by atomic mass is 10.1. The molecule has 0 fully saturated rings. The van der Waals surface area contributed by atoms with Gasteiger partial charge in [-0.15, -0.1) is 0 Å². The molecule has 190 valence electrons. The summed E-state index contributed by atoms with van der Waals surface area (Å²) in [5.74, 6) is 0.195. The summed E-state index contributed by atoms with van der Waals surface area (Å²) in [6, 6.07) is 3.70. The van der Waals surface area contributed by atoms with Crippen molar-refractivity contribution in [2.45, 2.75) is 60.9 Å². The molecule has 33 heavy (non-hydrogen) atoms. The van der Waals surface area contributed by atoms with Crippen molar-refractivity contribution in [2.75, 3.05) is 46.2 Å². The molecule has 1 heterocycles. The van der Waals surface area contributed by atoms with Gasteiger partial charge in [-0.3, -0.25) is 0 Å². The third-order valence-electron chi connectivity index (χ3n) is 4.37. The zero-order chi connectivity index (χ0) is 24.9. The van der Waals surface area contributed by atoms with E-state index in [1.165, 1.54) is 0 Å². The van der Waals surface area contributed by atoms with E-state index in [1.54, 1.807) is 0 Å². The van der Waals surface area contributed by atoms with Gasteiger partial charge in [0, 0.05) is 15.6 Å². The molecule has 0 saturated carbocycles. The van der Waals surface area contributed by atoms with E-state index in [9.17, 15) is 5.11 Å². The third kappa shape index (κ3) is 13.3. The highest BCUT2D eigenvalue weighted by Gasteiger charge is 2.15. The highest BCUT2D eigenvalue weighted by molar-refractivity contribution is 9.10. The predicted molar refractivity (Wildman–Crippen MR) is 138 cm³/mol. The van der Waals surface area contributed by atoms with Crippen LogP contribution in [-0.2, 0) is 36.9 Å². The van der Waals surface area contributed by atoms with Crippen molar-refractivity contribution >= 4 is 15.9 Å². The summed E-state index contributed by atoms with van der Waals surface area (Å²) >= 11 is 3.49. The first-order valence-corrected chi connectivity index (χ1v) is 12.7. The molecule has 1 aliphatic rings. The Bertz CT molecular complexity index is 675. The van der Waals surface area contributed by atoms with Gasteiger partial charge in [-0.25, -0.2) is 0 Å². The van der Waals surface area contributed by atoms with Crippen LogP contribution in [-0.4, -0.2) is 57.5 Å². The Kier molecular flexibility index (Phi) is 20.5. The second kappa shape index (κ2) is 21.3. The van der Waals surface area contributed by atoms with Crippen molar-refractivity contribution in [3.05, 3.63) is 51.5 Å². The highest BCUT2D eigenvalue weighted by Crippen LogP contribution is 2.29. The molecule has 0 saturated heterocycles. The summed E-state index contributed by atoms with van der Waals surface area (Å²) in [5.41, 5.74) is 2.45. The van der Waals surface area contributed by atoms with Gasteiger partial charge >= 0.3 is 0 Å². The first-order chi connectivity index (χ1) is 16.2. The number of phenols is 1. The molecule has 1 atom stereocenters. The Morgan fingerprint density at radius 3 is 1.91 bits per heavy atom. The van der Waals surface area contributed by atoms with Gasteiger partial charge in [0.2, 0.25) is 0 Å². The number of aromatic hydroxyl groups is 1. The lowest BCUT2D eigenvalue weighted by molar-refractivity contribution is -0.0362.